The predicted molar refractivity (Wildman–Crippen MR) is 126 cm³/mol. The highest BCUT2D eigenvalue weighted by Crippen LogP contribution is 2.33. The highest BCUT2D eigenvalue weighted by atomic mass is 16.5. The lowest BCUT2D eigenvalue weighted by Crippen LogP contribution is -2.06. The van der Waals surface area contributed by atoms with E-state index in [1.165, 1.54) is 5.56 Å². The lowest BCUT2D eigenvalue weighted by atomic mass is 10.2. The average Bonchev–Trinajstić information content (AvgIpc) is 2.84. The van der Waals surface area contributed by atoms with Gasteiger partial charge in [-0.15, -0.1) is 0 Å². The summed E-state index contributed by atoms with van der Waals surface area (Å²) >= 11 is 0. The number of aromatic nitrogens is 2. The Bertz CT molecular complexity index is 1120. The molecule has 5 nitrogen and oxygen atoms in total. The van der Waals surface area contributed by atoms with Crippen LogP contribution in [-0.2, 0) is 18.0 Å². The first-order chi connectivity index (χ1) is 15.8. The van der Waals surface area contributed by atoms with Gasteiger partial charge in [-0.2, -0.15) is 4.98 Å². The molecule has 0 saturated carbocycles. The summed E-state index contributed by atoms with van der Waals surface area (Å²) in [7, 11) is 0. The molecular weight excluding hydrogens is 400 g/mol. The molecule has 2 aromatic carbocycles. The van der Waals surface area contributed by atoms with Crippen LogP contribution in [0.2, 0.25) is 0 Å². The molecule has 2 heterocycles. The van der Waals surface area contributed by atoms with E-state index in [-0.39, 0.29) is 0 Å². The van der Waals surface area contributed by atoms with Crippen molar-refractivity contribution in [3.05, 3.63) is 95.7 Å². The molecule has 0 saturated heterocycles. The van der Waals surface area contributed by atoms with Gasteiger partial charge in [-0.3, -0.25) is 0 Å². The molecule has 32 heavy (non-hydrogen) atoms. The minimum atomic E-state index is 0.480. The second-order valence-electron chi connectivity index (χ2n) is 7.61. The average molecular weight is 429 g/mol. The van der Waals surface area contributed by atoms with E-state index in [4.69, 9.17) is 14.2 Å². The third kappa shape index (κ3) is 5.83. The first-order valence-corrected chi connectivity index (χ1v) is 11.0. The second-order valence-corrected chi connectivity index (χ2v) is 7.61. The number of rotatable bonds is 11. The molecule has 5 heteroatoms. The normalized spacial score (nSPS) is 10.9. The Balaban J connectivity index is 1.33. The van der Waals surface area contributed by atoms with Gasteiger partial charge in [-0.25, -0.2) is 4.98 Å². The van der Waals surface area contributed by atoms with E-state index in [1.807, 2.05) is 67.6 Å². The Labute approximate surface area is 189 Å². The molecule has 2 aromatic heterocycles. The molecule has 0 atom stereocenters. The number of benzene rings is 2. The molecule has 4 rings (SSSR count). The molecule has 0 bridgehead atoms. The minimum Gasteiger partial charge on any atom is -0.488 e. The fraction of sp³-hybridized carbons (Fsp3) is 0.259. The SMILES string of the molecule is Cc1c(OCCCCOCc2ccccc2)nc2ncccc2c1OCc1ccccc1. The number of hydrogen-bond acceptors (Lipinski definition) is 5. The standard InChI is InChI=1S/C27H28N2O3/c1-21-25(32-20-23-13-6-3-7-14-23)24-15-10-16-28-26(24)29-27(21)31-18-9-8-17-30-19-22-11-4-2-5-12-22/h2-7,10-16H,8-9,17-20H2,1H3. The fourth-order valence-corrected chi connectivity index (χ4v) is 3.44. The van der Waals surface area contributed by atoms with E-state index in [1.54, 1.807) is 6.20 Å². The van der Waals surface area contributed by atoms with E-state index in [0.717, 1.165) is 35.1 Å². The summed E-state index contributed by atoms with van der Waals surface area (Å²) < 4.78 is 18.0. The van der Waals surface area contributed by atoms with E-state index in [2.05, 4.69) is 22.1 Å². The van der Waals surface area contributed by atoms with Gasteiger partial charge in [0.15, 0.2) is 5.65 Å². The Hall–Kier alpha value is -3.44. The van der Waals surface area contributed by atoms with Crippen LogP contribution in [0.5, 0.6) is 11.6 Å². The van der Waals surface area contributed by atoms with Crippen molar-refractivity contribution in [2.24, 2.45) is 0 Å². The van der Waals surface area contributed by atoms with Crippen molar-refractivity contribution in [3.63, 3.8) is 0 Å². The number of hydrogen-bond donors (Lipinski definition) is 0. The summed E-state index contributed by atoms with van der Waals surface area (Å²) in [5.74, 6) is 1.35. The maximum atomic E-state index is 6.20. The summed E-state index contributed by atoms with van der Waals surface area (Å²) in [6.07, 6.45) is 3.55. The summed E-state index contributed by atoms with van der Waals surface area (Å²) in [6, 6.07) is 24.2. The Morgan fingerprint density at radius 1 is 0.719 bits per heavy atom. The van der Waals surface area contributed by atoms with Crippen LogP contribution in [0.4, 0.5) is 0 Å². The molecular formula is C27H28N2O3. The molecule has 0 aliphatic carbocycles. The molecule has 0 unspecified atom stereocenters. The van der Waals surface area contributed by atoms with Gasteiger partial charge in [0, 0.05) is 12.8 Å². The number of ether oxygens (including phenoxy) is 3. The number of fused-ring (bicyclic) bond motifs is 1. The predicted octanol–water partition coefficient (Wildman–Crippen LogP) is 5.89. The van der Waals surface area contributed by atoms with Crippen LogP contribution in [0.3, 0.4) is 0 Å². The lowest BCUT2D eigenvalue weighted by molar-refractivity contribution is 0.113. The fourth-order valence-electron chi connectivity index (χ4n) is 3.44. The summed E-state index contributed by atoms with van der Waals surface area (Å²) in [5.41, 5.74) is 3.82. The van der Waals surface area contributed by atoms with Gasteiger partial charge < -0.3 is 14.2 Å². The lowest BCUT2D eigenvalue weighted by Gasteiger charge is -2.15. The van der Waals surface area contributed by atoms with Gasteiger partial charge >= 0.3 is 0 Å². The van der Waals surface area contributed by atoms with E-state index in [9.17, 15) is 0 Å². The van der Waals surface area contributed by atoms with E-state index >= 15 is 0 Å². The molecule has 0 N–H and O–H groups in total. The zero-order chi connectivity index (χ0) is 22.0. The highest BCUT2D eigenvalue weighted by Gasteiger charge is 2.15. The molecule has 164 valence electrons. The smallest absolute Gasteiger partial charge is 0.222 e. The monoisotopic (exact) mass is 428 g/mol. The molecule has 0 amide bonds. The quantitative estimate of drug-likeness (QED) is 0.279. The second kappa shape index (κ2) is 11.3. The maximum absolute atomic E-state index is 6.20. The van der Waals surface area contributed by atoms with Crippen LogP contribution < -0.4 is 9.47 Å². The minimum absolute atomic E-state index is 0.480. The van der Waals surface area contributed by atoms with Crippen LogP contribution in [0.25, 0.3) is 11.0 Å². The molecule has 0 radical (unpaired) electrons. The molecule has 0 aliphatic rings. The van der Waals surface area contributed by atoms with Crippen LogP contribution in [0.15, 0.2) is 79.0 Å². The Morgan fingerprint density at radius 2 is 1.41 bits per heavy atom. The van der Waals surface area contributed by atoms with Gasteiger partial charge in [0.05, 0.1) is 24.2 Å². The third-order valence-electron chi connectivity index (χ3n) is 5.16. The van der Waals surface area contributed by atoms with Gasteiger partial charge in [0.25, 0.3) is 0 Å². The van der Waals surface area contributed by atoms with Crippen molar-refractivity contribution >= 4 is 11.0 Å². The zero-order valence-corrected chi connectivity index (χ0v) is 18.4. The van der Waals surface area contributed by atoms with Crippen LogP contribution in [-0.4, -0.2) is 23.2 Å². The first-order valence-electron chi connectivity index (χ1n) is 11.0. The number of nitrogens with zero attached hydrogens (tertiary/aromatic N) is 2. The van der Waals surface area contributed by atoms with Crippen molar-refractivity contribution in [2.45, 2.75) is 33.0 Å². The van der Waals surface area contributed by atoms with Crippen molar-refractivity contribution in [1.82, 2.24) is 9.97 Å². The van der Waals surface area contributed by atoms with Gasteiger partial charge in [-0.05, 0) is 43.0 Å². The van der Waals surface area contributed by atoms with Crippen molar-refractivity contribution in [2.75, 3.05) is 13.2 Å². The number of unbranched alkanes of at least 4 members (excludes halogenated alkanes) is 1. The van der Waals surface area contributed by atoms with Crippen molar-refractivity contribution in [3.8, 4) is 11.6 Å². The molecule has 4 aromatic rings. The molecule has 0 aliphatic heterocycles. The van der Waals surface area contributed by atoms with Crippen molar-refractivity contribution < 1.29 is 14.2 Å². The van der Waals surface area contributed by atoms with Gasteiger partial charge in [0.1, 0.15) is 12.4 Å². The summed E-state index contributed by atoms with van der Waals surface area (Å²) in [6.45, 7) is 4.38. The number of pyridine rings is 2. The van der Waals surface area contributed by atoms with E-state index < -0.39 is 0 Å². The van der Waals surface area contributed by atoms with Gasteiger partial charge in [0.2, 0.25) is 5.88 Å². The van der Waals surface area contributed by atoms with Gasteiger partial charge in [-0.1, -0.05) is 60.7 Å². The molecule has 0 spiro atoms. The van der Waals surface area contributed by atoms with Crippen molar-refractivity contribution in [1.29, 1.82) is 0 Å². The third-order valence-corrected chi connectivity index (χ3v) is 5.16. The summed E-state index contributed by atoms with van der Waals surface area (Å²) in [5, 5.41) is 0.891. The molecule has 0 fully saturated rings. The van der Waals surface area contributed by atoms with Crippen LogP contribution in [0.1, 0.15) is 29.5 Å². The summed E-state index contributed by atoms with van der Waals surface area (Å²) in [4.78, 5) is 9.02. The first kappa shape index (κ1) is 21.8. The van der Waals surface area contributed by atoms with Crippen LogP contribution in [0, 0.1) is 6.92 Å². The highest BCUT2D eigenvalue weighted by molar-refractivity contribution is 5.84. The Kier molecular flexibility index (Phi) is 7.66. The largest absolute Gasteiger partial charge is 0.488 e. The zero-order valence-electron chi connectivity index (χ0n) is 18.4. The Morgan fingerprint density at radius 3 is 2.16 bits per heavy atom. The van der Waals surface area contributed by atoms with E-state index in [0.29, 0.717) is 38.0 Å². The topological polar surface area (TPSA) is 53.5 Å². The maximum Gasteiger partial charge on any atom is 0.222 e. The van der Waals surface area contributed by atoms with Crippen LogP contribution >= 0.6 is 0 Å².